The molecule has 18 heavy (non-hydrogen) atoms. The second-order valence-corrected chi connectivity index (χ2v) is 4.32. The van der Waals surface area contributed by atoms with Gasteiger partial charge in [0.2, 0.25) is 0 Å². The molecule has 0 fully saturated rings. The Morgan fingerprint density at radius 3 is 2.50 bits per heavy atom. The Bertz CT molecular complexity index is 591. The SMILES string of the molecule is CCc1cc(-c2c(F)ccc(C)c2F)ccc1N. The van der Waals surface area contributed by atoms with E-state index in [1.54, 1.807) is 25.1 Å². The van der Waals surface area contributed by atoms with Gasteiger partial charge in [-0.05, 0) is 48.2 Å². The number of hydrogen-bond donors (Lipinski definition) is 1. The molecule has 0 bridgehead atoms. The molecule has 2 rings (SSSR count). The fourth-order valence-electron chi connectivity index (χ4n) is 1.99. The highest BCUT2D eigenvalue weighted by Crippen LogP contribution is 2.30. The fraction of sp³-hybridized carbons (Fsp3) is 0.200. The first-order valence-corrected chi connectivity index (χ1v) is 5.88. The average molecular weight is 247 g/mol. The van der Waals surface area contributed by atoms with E-state index in [9.17, 15) is 8.78 Å². The number of nitrogen functional groups attached to an aromatic ring is 1. The summed E-state index contributed by atoms with van der Waals surface area (Å²) in [6, 6.07) is 7.81. The third kappa shape index (κ3) is 2.08. The standard InChI is InChI=1S/C15H15F2N/c1-3-10-8-11(5-7-13(10)18)14-12(16)6-4-9(2)15(14)17/h4-8H,3,18H2,1-2H3. The normalized spacial score (nSPS) is 10.7. The van der Waals surface area contributed by atoms with E-state index in [2.05, 4.69) is 0 Å². The van der Waals surface area contributed by atoms with Crippen LogP contribution in [-0.2, 0) is 6.42 Å². The number of nitrogens with two attached hydrogens (primary N) is 1. The highest BCUT2D eigenvalue weighted by atomic mass is 19.1. The molecule has 94 valence electrons. The summed E-state index contributed by atoms with van der Waals surface area (Å²) in [6.07, 6.45) is 0.731. The van der Waals surface area contributed by atoms with E-state index in [-0.39, 0.29) is 5.56 Å². The van der Waals surface area contributed by atoms with Crippen molar-refractivity contribution in [1.82, 2.24) is 0 Å². The molecule has 0 radical (unpaired) electrons. The second kappa shape index (κ2) is 4.77. The van der Waals surface area contributed by atoms with Crippen LogP contribution in [0.3, 0.4) is 0 Å². The predicted octanol–water partition coefficient (Wildman–Crippen LogP) is 4.08. The van der Waals surface area contributed by atoms with Gasteiger partial charge in [-0.1, -0.05) is 19.1 Å². The lowest BCUT2D eigenvalue weighted by atomic mass is 9.98. The Kier molecular flexibility index (Phi) is 3.32. The van der Waals surface area contributed by atoms with Crippen LogP contribution in [0, 0.1) is 18.6 Å². The van der Waals surface area contributed by atoms with Crippen LogP contribution in [-0.4, -0.2) is 0 Å². The van der Waals surface area contributed by atoms with E-state index in [1.165, 1.54) is 12.1 Å². The molecule has 0 aliphatic heterocycles. The highest BCUT2D eigenvalue weighted by Gasteiger charge is 2.14. The number of benzene rings is 2. The molecule has 2 aromatic carbocycles. The molecule has 0 saturated carbocycles. The zero-order valence-corrected chi connectivity index (χ0v) is 10.4. The minimum absolute atomic E-state index is 0.0182. The van der Waals surface area contributed by atoms with Gasteiger partial charge in [0.1, 0.15) is 11.6 Å². The summed E-state index contributed by atoms with van der Waals surface area (Å²) in [5, 5.41) is 0. The number of halogens is 2. The summed E-state index contributed by atoms with van der Waals surface area (Å²) in [6.45, 7) is 3.58. The van der Waals surface area contributed by atoms with Crippen LogP contribution in [0.25, 0.3) is 11.1 Å². The number of rotatable bonds is 2. The molecular formula is C15H15F2N. The van der Waals surface area contributed by atoms with Gasteiger partial charge in [-0.15, -0.1) is 0 Å². The number of anilines is 1. The predicted molar refractivity (Wildman–Crippen MR) is 70.3 cm³/mol. The lowest BCUT2D eigenvalue weighted by molar-refractivity contribution is 0.584. The summed E-state index contributed by atoms with van der Waals surface area (Å²) in [4.78, 5) is 0. The summed E-state index contributed by atoms with van der Waals surface area (Å²) >= 11 is 0. The Balaban J connectivity index is 2.65. The van der Waals surface area contributed by atoms with E-state index in [1.807, 2.05) is 6.92 Å². The zero-order chi connectivity index (χ0) is 13.3. The van der Waals surface area contributed by atoms with Crippen LogP contribution in [0.15, 0.2) is 30.3 Å². The lowest BCUT2D eigenvalue weighted by Gasteiger charge is -2.10. The van der Waals surface area contributed by atoms with Gasteiger partial charge >= 0.3 is 0 Å². The number of aryl methyl sites for hydroxylation is 2. The van der Waals surface area contributed by atoms with Crippen LogP contribution >= 0.6 is 0 Å². The topological polar surface area (TPSA) is 26.0 Å². The molecule has 0 heterocycles. The minimum atomic E-state index is -0.551. The van der Waals surface area contributed by atoms with Crippen LogP contribution in [0.2, 0.25) is 0 Å². The molecule has 2 aromatic rings. The first kappa shape index (κ1) is 12.6. The largest absolute Gasteiger partial charge is 0.399 e. The molecule has 0 spiro atoms. The monoisotopic (exact) mass is 247 g/mol. The second-order valence-electron chi connectivity index (χ2n) is 4.32. The van der Waals surface area contributed by atoms with Gasteiger partial charge in [-0.25, -0.2) is 8.78 Å². The van der Waals surface area contributed by atoms with E-state index in [4.69, 9.17) is 5.73 Å². The van der Waals surface area contributed by atoms with E-state index >= 15 is 0 Å². The van der Waals surface area contributed by atoms with Crippen molar-refractivity contribution >= 4 is 5.69 Å². The molecule has 3 heteroatoms. The number of hydrogen-bond acceptors (Lipinski definition) is 1. The zero-order valence-electron chi connectivity index (χ0n) is 10.4. The molecule has 1 nitrogen and oxygen atoms in total. The van der Waals surface area contributed by atoms with Crippen molar-refractivity contribution in [3.8, 4) is 11.1 Å². The van der Waals surface area contributed by atoms with Crippen molar-refractivity contribution in [2.45, 2.75) is 20.3 Å². The molecule has 0 amide bonds. The maximum atomic E-state index is 14.0. The van der Waals surface area contributed by atoms with Gasteiger partial charge in [-0.2, -0.15) is 0 Å². The van der Waals surface area contributed by atoms with Crippen LogP contribution in [0.1, 0.15) is 18.1 Å². The van der Waals surface area contributed by atoms with Gasteiger partial charge in [-0.3, -0.25) is 0 Å². The van der Waals surface area contributed by atoms with Crippen molar-refractivity contribution in [1.29, 1.82) is 0 Å². The Morgan fingerprint density at radius 2 is 1.83 bits per heavy atom. The third-order valence-electron chi connectivity index (χ3n) is 3.10. The fourth-order valence-corrected chi connectivity index (χ4v) is 1.99. The van der Waals surface area contributed by atoms with Crippen molar-refractivity contribution in [3.63, 3.8) is 0 Å². The summed E-state index contributed by atoms with van der Waals surface area (Å²) < 4.78 is 27.8. The molecule has 0 saturated heterocycles. The van der Waals surface area contributed by atoms with Crippen molar-refractivity contribution < 1.29 is 8.78 Å². The molecule has 2 N–H and O–H groups in total. The van der Waals surface area contributed by atoms with Crippen molar-refractivity contribution in [2.24, 2.45) is 0 Å². The minimum Gasteiger partial charge on any atom is -0.399 e. The van der Waals surface area contributed by atoms with Crippen molar-refractivity contribution in [3.05, 3.63) is 53.1 Å². The Morgan fingerprint density at radius 1 is 1.11 bits per heavy atom. The van der Waals surface area contributed by atoms with E-state index in [0.717, 1.165) is 12.0 Å². The average Bonchev–Trinajstić information content (AvgIpc) is 2.36. The van der Waals surface area contributed by atoms with Gasteiger partial charge in [0.15, 0.2) is 0 Å². The van der Waals surface area contributed by atoms with Gasteiger partial charge in [0, 0.05) is 5.69 Å². The Hall–Kier alpha value is -1.90. The summed E-state index contributed by atoms with van der Waals surface area (Å²) in [7, 11) is 0. The van der Waals surface area contributed by atoms with Gasteiger partial charge in [0.25, 0.3) is 0 Å². The van der Waals surface area contributed by atoms with Crippen LogP contribution in [0.5, 0.6) is 0 Å². The van der Waals surface area contributed by atoms with Crippen LogP contribution in [0.4, 0.5) is 14.5 Å². The van der Waals surface area contributed by atoms with E-state index < -0.39 is 11.6 Å². The molecule has 0 aromatic heterocycles. The third-order valence-corrected chi connectivity index (χ3v) is 3.10. The first-order valence-electron chi connectivity index (χ1n) is 5.88. The maximum absolute atomic E-state index is 14.0. The lowest BCUT2D eigenvalue weighted by Crippen LogP contribution is -1.97. The van der Waals surface area contributed by atoms with Gasteiger partial charge < -0.3 is 5.73 Å². The molecule has 0 aliphatic carbocycles. The van der Waals surface area contributed by atoms with E-state index in [0.29, 0.717) is 16.8 Å². The van der Waals surface area contributed by atoms with Crippen molar-refractivity contribution in [2.75, 3.05) is 5.73 Å². The quantitative estimate of drug-likeness (QED) is 0.795. The molecular weight excluding hydrogens is 232 g/mol. The first-order chi connectivity index (χ1) is 8.54. The smallest absolute Gasteiger partial charge is 0.136 e. The molecule has 0 unspecified atom stereocenters. The Labute approximate surface area is 105 Å². The summed E-state index contributed by atoms with van der Waals surface area (Å²) in [5.41, 5.74) is 8.32. The summed E-state index contributed by atoms with van der Waals surface area (Å²) in [5.74, 6) is -1.06. The highest BCUT2D eigenvalue weighted by molar-refractivity contribution is 5.69. The van der Waals surface area contributed by atoms with Crippen LogP contribution < -0.4 is 5.73 Å². The maximum Gasteiger partial charge on any atom is 0.136 e. The van der Waals surface area contributed by atoms with Gasteiger partial charge in [0.05, 0.1) is 5.56 Å². The molecule has 0 aliphatic rings. The molecule has 0 atom stereocenters.